The van der Waals surface area contributed by atoms with E-state index < -0.39 is 0 Å². The van der Waals surface area contributed by atoms with Crippen molar-refractivity contribution in [2.45, 2.75) is 13.0 Å². The van der Waals surface area contributed by atoms with E-state index in [2.05, 4.69) is 9.88 Å². The van der Waals surface area contributed by atoms with Crippen molar-refractivity contribution in [3.05, 3.63) is 96.1 Å². The van der Waals surface area contributed by atoms with Gasteiger partial charge in [0.1, 0.15) is 12.4 Å². The first-order valence-corrected chi connectivity index (χ1v) is 12.9. The van der Waals surface area contributed by atoms with Crippen LogP contribution >= 0.6 is 11.8 Å². The van der Waals surface area contributed by atoms with E-state index in [9.17, 15) is 14.4 Å². The molecule has 0 bridgehead atoms. The molecule has 0 spiro atoms. The summed E-state index contributed by atoms with van der Waals surface area (Å²) in [6.07, 6.45) is 7.03. The lowest BCUT2D eigenvalue weighted by Crippen LogP contribution is -2.41. The third-order valence-electron chi connectivity index (χ3n) is 6.28. The minimum Gasteiger partial charge on any atom is -0.384 e. The van der Waals surface area contributed by atoms with E-state index in [1.807, 2.05) is 66.7 Å². The molecule has 1 aromatic heterocycles. The molecule has 0 atom stereocenters. The first kappa shape index (κ1) is 23.8. The van der Waals surface area contributed by atoms with Crippen LogP contribution in [0.4, 0.5) is 5.69 Å². The first-order chi connectivity index (χ1) is 17.5. The van der Waals surface area contributed by atoms with Gasteiger partial charge in [-0.1, -0.05) is 54.2 Å². The molecule has 1 N–H and O–H groups in total. The normalized spacial score (nSPS) is 12.9. The van der Waals surface area contributed by atoms with E-state index in [0.29, 0.717) is 27.8 Å². The zero-order valence-electron chi connectivity index (χ0n) is 20.0. The van der Waals surface area contributed by atoms with E-state index in [4.69, 9.17) is 0 Å². The molecule has 5 rings (SSSR count). The maximum atomic E-state index is 13.3. The highest BCUT2D eigenvalue weighted by atomic mass is 32.2. The third kappa shape index (κ3) is 4.77. The summed E-state index contributed by atoms with van der Waals surface area (Å²) in [5.41, 5.74) is 2.55. The second-order valence-corrected chi connectivity index (χ2v) is 9.82. The molecule has 182 valence electrons. The standard InChI is InChI=1S/C28H26N4O3S/c1-30-15-16-31(19-30)14-6-13-29-24-12-11-23-25-21(24)9-5-10-22(25)26(33)32(27(23)34)17-18-36-28(35)20-7-3-2-4-8-20/h2-5,7-12,15-16,19H,6,13-14,17-18H2,1H3/p+1. The maximum absolute atomic E-state index is 13.3. The molecule has 0 radical (unpaired) electrons. The molecule has 2 amide bonds. The molecule has 3 aromatic carbocycles. The number of nitrogens with one attached hydrogen (secondary N) is 1. The van der Waals surface area contributed by atoms with Crippen molar-refractivity contribution in [3.63, 3.8) is 0 Å². The summed E-state index contributed by atoms with van der Waals surface area (Å²) in [6.45, 7) is 1.83. The Bertz CT molecular complexity index is 1430. The number of hydrogen-bond acceptors (Lipinski definition) is 5. The molecular weight excluding hydrogens is 472 g/mol. The summed E-state index contributed by atoms with van der Waals surface area (Å²) in [5, 5.41) is 4.96. The van der Waals surface area contributed by atoms with Gasteiger partial charge in [0.15, 0.2) is 0 Å². The summed E-state index contributed by atoms with van der Waals surface area (Å²) in [6, 6.07) is 18.3. The van der Waals surface area contributed by atoms with Gasteiger partial charge in [-0.3, -0.25) is 19.3 Å². The quantitative estimate of drug-likeness (QED) is 0.213. The van der Waals surface area contributed by atoms with Crippen molar-refractivity contribution in [3.8, 4) is 0 Å². The molecule has 8 heteroatoms. The molecule has 0 fully saturated rings. The molecule has 2 heterocycles. The Balaban J connectivity index is 1.28. The van der Waals surface area contributed by atoms with Crippen molar-refractivity contribution in [1.29, 1.82) is 0 Å². The van der Waals surface area contributed by atoms with Crippen LogP contribution in [-0.4, -0.2) is 45.2 Å². The summed E-state index contributed by atoms with van der Waals surface area (Å²) >= 11 is 1.12. The van der Waals surface area contributed by atoms with E-state index in [1.54, 1.807) is 24.3 Å². The molecule has 0 saturated carbocycles. The Morgan fingerprint density at radius 3 is 2.47 bits per heavy atom. The zero-order chi connectivity index (χ0) is 25.1. The molecule has 0 unspecified atom stereocenters. The Morgan fingerprint density at radius 2 is 1.72 bits per heavy atom. The van der Waals surface area contributed by atoms with E-state index in [1.165, 1.54) is 4.90 Å². The van der Waals surface area contributed by atoms with Crippen LogP contribution in [-0.2, 0) is 13.6 Å². The number of aromatic nitrogens is 2. The Morgan fingerprint density at radius 1 is 0.944 bits per heavy atom. The van der Waals surface area contributed by atoms with Crippen LogP contribution in [0, 0.1) is 0 Å². The lowest BCUT2D eigenvalue weighted by Gasteiger charge is -2.27. The Kier molecular flexibility index (Phi) is 6.86. The van der Waals surface area contributed by atoms with E-state index in [0.717, 1.165) is 42.3 Å². The smallest absolute Gasteiger partial charge is 0.261 e. The monoisotopic (exact) mass is 499 g/mol. The van der Waals surface area contributed by atoms with Gasteiger partial charge in [-0.05, 0) is 18.2 Å². The summed E-state index contributed by atoms with van der Waals surface area (Å²) < 4.78 is 4.15. The number of anilines is 1. The van der Waals surface area contributed by atoms with Gasteiger partial charge < -0.3 is 5.32 Å². The highest BCUT2D eigenvalue weighted by Gasteiger charge is 2.33. The Hall–Kier alpha value is -3.91. The SMILES string of the molecule is C[n+]1ccn(CCCNc2ccc3c4c(cccc24)C(=O)N(CCSC(=O)c2ccccc2)C3=O)c1. The average molecular weight is 500 g/mol. The number of thioether (sulfide) groups is 1. The van der Waals surface area contributed by atoms with Crippen LogP contribution in [0.3, 0.4) is 0 Å². The minimum absolute atomic E-state index is 0.0728. The fraction of sp³-hybridized carbons (Fsp3) is 0.214. The fourth-order valence-electron chi connectivity index (χ4n) is 4.51. The second-order valence-electron chi connectivity index (χ2n) is 8.75. The van der Waals surface area contributed by atoms with Gasteiger partial charge >= 0.3 is 0 Å². The van der Waals surface area contributed by atoms with E-state index >= 15 is 0 Å². The summed E-state index contributed by atoms with van der Waals surface area (Å²) in [5.74, 6) is -0.290. The number of benzene rings is 3. The lowest BCUT2D eigenvalue weighted by molar-refractivity contribution is -0.671. The van der Waals surface area contributed by atoms with Crippen molar-refractivity contribution in [2.75, 3.05) is 24.2 Å². The van der Waals surface area contributed by atoms with Crippen LogP contribution in [0.25, 0.3) is 10.8 Å². The van der Waals surface area contributed by atoms with Gasteiger partial charge in [0.25, 0.3) is 11.8 Å². The number of imidazole rings is 1. The lowest BCUT2D eigenvalue weighted by atomic mass is 9.93. The van der Waals surface area contributed by atoms with Gasteiger partial charge in [0, 0.05) is 58.4 Å². The molecule has 1 aliphatic heterocycles. The number of imide groups is 1. The fourth-order valence-corrected chi connectivity index (χ4v) is 5.27. The van der Waals surface area contributed by atoms with Crippen LogP contribution in [0.2, 0.25) is 0 Å². The molecule has 36 heavy (non-hydrogen) atoms. The third-order valence-corrected chi connectivity index (χ3v) is 7.17. The molecule has 0 saturated heterocycles. The van der Waals surface area contributed by atoms with Crippen LogP contribution in [0.5, 0.6) is 0 Å². The second kappa shape index (κ2) is 10.4. The van der Waals surface area contributed by atoms with Crippen molar-refractivity contribution in [2.24, 2.45) is 7.05 Å². The van der Waals surface area contributed by atoms with Crippen molar-refractivity contribution >= 4 is 45.2 Å². The largest absolute Gasteiger partial charge is 0.384 e. The summed E-state index contributed by atoms with van der Waals surface area (Å²) in [7, 11) is 2.00. The summed E-state index contributed by atoms with van der Waals surface area (Å²) in [4.78, 5) is 40.2. The molecular formula is C28H27N4O3S+. The number of carbonyl (C=O) groups excluding carboxylic acids is 3. The predicted molar refractivity (Wildman–Crippen MR) is 141 cm³/mol. The van der Waals surface area contributed by atoms with Crippen molar-refractivity contribution in [1.82, 2.24) is 9.47 Å². The zero-order valence-corrected chi connectivity index (χ0v) is 20.8. The maximum Gasteiger partial charge on any atom is 0.261 e. The molecule has 1 aliphatic rings. The van der Waals surface area contributed by atoms with Crippen LogP contribution in [0.1, 0.15) is 37.5 Å². The number of aryl methyl sites for hydroxylation is 2. The minimum atomic E-state index is -0.316. The Labute approximate surface area is 213 Å². The highest BCUT2D eigenvalue weighted by Crippen LogP contribution is 2.34. The number of hydrogen-bond donors (Lipinski definition) is 1. The first-order valence-electron chi connectivity index (χ1n) is 11.9. The molecule has 4 aromatic rings. The number of nitrogens with zero attached hydrogens (tertiary/aromatic N) is 3. The van der Waals surface area contributed by atoms with Gasteiger partial charge in [-0.2, -0.15) is 0 Å². The number of amides is 2. The van der Waals surface area contributed by atoms with Gasteiger partial charge in [0.2, 0.25) is 11.4 Å². The van der Waals surface area contributed by atoms with E-state index in [-0.39, 0.29) is 23.5 Å². The van der Waals surface area contributed by atoms with Gasteiger partial charge in [-0.25, -0.2) is 9.13 Å². The van der Waals surface area contributed by atoms with Gasteiger partial charge in [-0.15, -0.1) is 0 Å². The average Bonchev–Trinajstić information content (AvgIpc) is 3.32. The predicted octanol–water partition coefficient (Wildman–Crippen LogP) is 4.14. The molecule has 7 nitrogen and oxygen atoms in total. The van der Waals surface area contributed by atoms with Crippen molar-refractivity contribution < 1.29 is 19.0 Å². The number of carbonyl (C=O) groups is 3. The van der Waals surface area contributed by atoms with Crippen LogP contribution < -0.4 is 9.88 Å². The topological polar surface area (TPSA) is 75.3 Å². The highest BCUT2D eigenvalue weighted by molar-refractivity contribution is 8.14. The number of rotatable bonds is 9. The van der Waals surface area contributed by atoms with Crippen LogP contribution in [0.15, 0.2) is 79.4 Å². The van der Waals surface area contributed by atoms with Gasteiger partial charge in [0.05, 0.1) is 13.6 Å². The molecule has 0 aliphatic carbocycles.